The first-order valence-corrected chi connectivity index (χ1v) is 7.50. The number of fused-ring (bicyclic) bond motifs is 1. The lowest BCUT2D eigenvalue weighted by atomic mass is 10.1. The number of pyridine rings is 1. The SMILES string of the molecule is O=C(Nc1cc(Br)c[nH]c1=O)c1cc(Cl)c2c(c1)OCCO2. The van der Waals surface area contributed by atoms with Crippen LogP contribution in [0.15, 0.2) is 33.7 Å². The maximum atomic E-state index is 12.3. The molecule has 0 unspecified atom stereocenters. The number of ether oxygens (including phenoxy) is 2. The van der Waals surface area contributed by atoms with Gasteiger partial charge in [-0.15, -0.1) is 0 Å². The van der Waals surface area contributed by atoms with Crippen LogP contribution in [-0.2, 0) is 0 Å². The van der Waals surface area contributed by atoms with E-state index in [-0.39, 0.29) is 16.3 Å². The molecule has 0 saturated heterocycles. The van der Waals surface area contributed by atoms with E-state index in [1.165, 1.54) is 24.4 Å². The number of amides is 1. The number of aromatic amines is 1. The Morgan fingerprint density at radius 3 is 2.86 bits per heavy atom. The Morgan fingerprint density at radius 1 is 1.27 bits per heavy atom. The van der Waals surface area contributed by atoms with Gasteiger partial charge in [-0.2, -0.15) is 0 Å². The number of aromatic nitrogens is 1. The molecule has 0 spiro atoms. The number of hydrogen-bond donors (Lipinski definition) is 2. The third-order valence-electron chi connectivity index (χ3n) is 2.98. The molecule has 1 aromatic heterocycles. The van der Waals surface area contributed by atoms with Crippen molar-refractivity contribution >= 4 is 39.1 Å². The zero-order chi connectivity index (χ0) is 15.7. The molecule has 3 rings (SSSR count). The van der Waals surface area contributed by atoms with Crippen LogP contribution in [0.1, 0.15) is 10.4 Å². The Bertz CT molecular complexity index is 806. The van der Waals surface area contributed by atoms with Crippen molar-refractivity contribution in [3.8, 4) is 11.5 Å². The fourth-order valence-electron chi connectivity index (χ4n) is 1.99. The van der Waals surface area contributed by atoms with Crippen LogP contribution in [0.4, 0.5) is 5.69 Å². The number of H-pyrrole nitrogens is 1. The van der Waals surface area contributed by atoms with Gasteiger partial charge in [0.2, 0.25) is 0 Å². The molecule has 114 valence electrons. The van der Waals surface area contributed by atoms with Crippen LogP contribution in [0, 0.1) is 0 Å². The van der Waals surface area contributed by atoms with Gasteiger partial charge in [-0.3, -0.25) is 9.59 Å². The second-order valence-corrected chi connectivity index (χ2v) is 5.82. The summed E-state index contributed by atoms with van der Waals surface area (Å²) >= 11 is 9.31. The molecule has 0 radical (unpaired) electrons. The highest BCUT2D eigenvalue weighted by Crippen LogP contribution is 2.38. The van der Waals surface area contributed by atoms with Crippen LogP contribution in [-0.4, -0.2) is 24.1 Å². The first-order chi connectivity index (χ1) is 10.5. The van der Waals surface area contributed by atoms with E-state index in [1.807, 2.05) is 0 Å². The number of rotatable bonds is 2. The van der Waals surface area contributed by atoms with Gasteiger partial charge in [0.15, 0.2) is 11.5 Å². The van der Waals surface area contributed by atoms with E-state index in [2.05, 4.69) is 26.2 Å². The number of halogens is 2. The zero-order valence-electron chi connectivity index (χ0n) is 11.1. The van der Waals surface area contributed by atoms with Gasteiger partial charge in [0.1, 0.15) is 18.9 Å². The number of nitrogens with one attached hydrogen (secondary N) is 2. The van der Waals surface area contributed by atoms with Crippen molar-refractivity contribution in [2.75, 3.05) is 18.5 Å². The molecule has 1 aliphatic heterocycles. The first kappa shape index (κ1) is 14.9. The molecule has 0 fully saturated rings. The minimum atomic E-state index is -0.470. The number of anilines is 1. The monoisotopic (exact) mass is 384 g/mol. The Kier molecular flexibility index (Phi) is 4.08. The van der Waals surface area contributed by atoms with Crippen molar-refractivity contribution in [1.29, 1.82) is 0 Å². The summed E-state index contributed by atoms with van der Waals surface area (Å²) < 4.78 is 11.5. The normalized spacial score (nSPS) is 12.8. The molecule has 0 bridgehead atoms. The molecule has 1 amide bonds. The van der Waals surface area contributed by atoms with Gasteiger partial charge in [0, 0.05) is 16.2 Å². The second-order valence-electron chi connectivity index (χ2n) is 4.50. The Labute approximate surface area is 138 Å². The van der Waals surface area contributed by atoms with Gasteiger partial charge < -0.3 is 19.8 Å². The fourth-order valence-corrected chi connectivity index (χ4v) is 2.60. The predicted molar refractivity (Wildman–Crippen MR) is 85.2 cm³/mol. The lowest BCUT2D eigenvalue weighted by Gasteiger charge is -2.20. The summed E-state index contributed by atoms with van der Waals surface area (Å²) in [6.45, 7) is 0.797. The molecule has 1 aliphatic rings. The van der Waals surface area contributed by atoms with Crippen molar-refractivity contribution in [3.05, 3.63) is 49.8 Å². The van der Waals surface area contributed by atoms with Gasteiger partial charge in [-0.1, -0.05) is 11.6 Å². The standard InChI is InChI=1S/C14H10BrClN2O4/c15-8-5-10(14(20)17-6-8)18-13(19)7-3-9(16)12-11(4-7)21-1-2-22-12/h3-6H,1-2H2,(H,17,20)(H,18,19). The summed E-state index contributed by atoms with van der Waals surface area (Å²) in [5.74, 6) is 0.360. The summed E-state index contributed by atoms with van der Waals surface area (Å²) in [5.41, 5.74) is -0.000739. The molecule has 2 heterocycles. The van der Waals surface area contributed by atoms with Crippen LogP contribution in [0.5, 0.6) is 11.5 Å². The lowest BCUT2D eigenvalue weighted by molar-refractivity contribution is 0.102. The van der Waals surface area contributed by atoms with Crippen LogP contribution in [0.3, 0.4) is 0 Å². The van der Waals surface area contributed by atoms with Gasteiger partial charge in [-0.25, -0.2) is 0 Å². The van der Waals surface area contributed by atoms with Gasteiger partial charge in [0.25, 0.3) is 11.5 Å². The highest BCUT2D eigenvalue weighted by atomic mass is 79.9. The van der Waals surface area contributed by atoms with Crippen molar-refractivity contribution in [1.82, 2.24) is 4.98 Å². The molecule has 1 aromatic carbocycles. The average molecular weight is 386 g/mol. The molecule has 6 nitrogen and oxygen atoms in total. The Balaban J connectivity index is 1.91. The second kappa shape index (κ2) is 6.02. The van der Waals surface area contributed by atoms with Gasteiger partial charge in [-0.05, 0) is 34.1 Å². The van der Waals surface area contributed by atoms with Gasteiger partial charge in [0.05, 0.1) is 5.02 Å². The highest BCUT2D eigenvalue weighted by Gasteiger charge is 2.19. The number of carbonyl (C=O) groups is 1. The van der Waals surface area contributed by atoms with Crippen LogP contribution in [0.2, 0.25) is 5.02 Å². The highest BCUT2D eigenvalue weighted by molar-refractivity contribution is 9.10. The largest absolute Gasteiger partial charge is 0.486 e. The van der Waals surface area contributed by atoms with E-state index in [0.29, 0.717) is 29.2 Å². The maximum absolute atomic E-state index is 12.3. The van der Waals surface area contributed by atoms with E-state index >= 15 is 0 Å². The minimum absolute atomic E-state index is 0.130. The van der Waals surface area contributed by atoms with Crippen LogP contribution >= 0.6 is 27.5 Å². The van der Waals surface area contributed by atoms with E-state index in [0.717, 1.165) is 0 Å². The summed E-state index contributed by atoms with van der Waals surface area (Å²) in [6, 6.07) is 4.51. The average Bonchev–Trinajstić information content (AvgIpc) is 2.51. The predicted octanol–water partition coefficient (Wildman–Crippen LogP) is 2.81. The third-order valence-corrected chi connectivity index (χ3v) is 3.71. The molecule has 2 aromatic rings. The Hall–Kier alpha value is -1.99. The molecule has 0 saturated carbocycles. The lowest BCUT2D eigenvalue weighted by Crippen LogP contribution is -2.20. The molecule has 0 aliphatic carbocycles. The molecular weight excluding hydrogens is 376 g/mol. The van der Waals surface area contributed by atoms with Gasteiger partial charge >= 0.3 is 0 Å². The molecule has 22 heavy (non-hydrogen) atoms. The fraction of sp³-hybridized carbons (Fsp3) is 0.143. The minimum Gasteiger partial charge on any atom is -0.486 e. The van der Waals surface area contributed by atoms with Crippen molar-refractivity contribution in [2.24, 2.45) is 0 Å². The summed E-state index contributed by atoms with van der Waals surface area (Å²) in [4.78, 5) is 26.5. The van der Waals surface area contributed by atoms with E-state index in [9.17, 15) is 9.59 Å². The van der Waals surface area contributed by atoms with E-state index in [1.54, 1.807) is 0 Å². The van der Waals surface area contributed by atoms with Crippen molar-refractivity contribution in [3.63, 3.8) is 0 Å². The molecule has 0 atom stereocenters. The number of hydrogen-bond acceptors (Lipinski definition) is 4. The molecule has 2 N–H and O–H groups in total. The number of carbonyl (C=O) groups excluding carboxylic acids is 1. The first-order valence-electron chi connectivity index (χ1n) is 6.33. The van der Waals surface area contributed by atoms with E-state index in [4.69, 9.17) is 21.1 Å². The quantitative estimate of drug-likeness (QED) is 0.833. The van der Waals surface area contributed by atoms with Crippen molar-refractivity contribution in [2.45, 2.75) is 0 Å². The summed E-state index contributed by atoms with van der Waals surface area (Å²) in [6.07, 6.45) is 1.49. The summed E-state index contributed by atoms with van der Waals surface area (Å²) in [5, 5.41) is 2.82. The maximum Gasteiger partial charge on any atom is 0.271 e. The van der Waals surface area contributed by atoms with Crippen LogP contribution < -0.4 is 20.3 Å². The molecule has 8 heteroatoms. The summed E-state index contributed by atoms with van der Waals surface area (Å²) in [7, 11) is 0. The Morgan fingerprint density at radius 2 is 2.05 bits per heavy atom. The third kappa shape index (κ3) is 2.95. The zero-order valence-corrected chi connectivity index (χ0v) is 13.5. The number of benzene rings is 1. The molecular formula is C14H10BrClN2O4. The smallest absolute Gasteiger partial charge is 0.271 e. The topological polar surface area (TPSA) is 80.4 Å². The van der Waals surface area contributed by atoms with E-state index < -0.39 is 11.5 Å². The van der Waals surface area contributed by atoms with Crippen LogP contribution in [0.25, 0.3) is 0 Å². The van der Waals surface area contributed by atoms with Crippen molar-refractivity contribution < 1.29 is 14.3 Å².